The van der Waals surface area contributed by atoms with Gasteiger partial charge in [0.1, 0.15) is 5.60 Å². The van der Waals surface area contributed by atoms with Gasteiger partial charge in [-0.3, -0.25) is 4.79 Å². The third-order valence-electron chi connectivity index (χ3n) is 4.14. The average Bonchev–Trinajstić information content (AvgIpc) is 2.85. The largest absolute Gasteiger partial charge is 0.367 e. The molecule has 0 bridgehead atoms. The van der Waals surface area contributed by atoms with Crippen LogP contribution in [0.1, 0.15) is 51.5 Å². The second kappa shape index (κ2) is 5.71. The number of aromatic nitrogens is 1. The van der Waals surface area contributed by atoms with E-state index in [1.165, 1.54) is 0 Å². The summed E-state index contributed by atoms with van der Waals surface area (Å²) in [6.45, 7) is 7.12. The summed E-state index contributed by atoms with van der Waals surface area (Å²) in [7, 11) is 0. The topological polar surface area (TPSA) is 39.2 Å². The highest BCUT2D eigenvalue weighted by Crippen LogP contribution is 2.42. The Labute approximate surface area is 119 Å². The molecule has 1 aromatic heterocycles. The second-order valence-electron chi connectivity index (χ2n) is 6.12. The fraction of sp³-hybridized carbons (Fsp3) is 0.733. The number of carbonyl (C=O) groups excluding carboxylic acids is 1. The van der Waals surface area contributed by atoms with E-state index in [9.17, 15) is 4.79 Å². The molecule has 3 nitrogen and oxygen atoms in total. The monoisotopic (exact) mass is 281 g/mol. The van der Waals surface area contributed by atoms with E-state index in [2.05, 4.69) is 18.8 Å². The van der Waals surface area contributed by atoms with Gasteiger partial charge in [0.05, 0.1) is 11.4 Å². The maximum absolute atomic E-state index is 12.6. The first-order valence-corrected chi connectivity index (χ1v) is 7.91. The normalized spacial score (nSPS) is 21.2. The van der Waals surface area contributed by atoms with E-state index in [-0.39, 0.29) is 5.78 Å². The van der Waals surface area contributed by atoms with Gasteiger partial charge in [0.2, 0.25) is 0 Å². The van der Waals surface area contributed by atoms with E-state index in [4.69, 9.17) is 4.74 Å². The van der Waals surface area contributed by atoms with Crippen LogP contribution in [0.3, 0.4) is 0 Å². The number of hydrogen-bond acceptors (Lipinski definition) is 4. The summed E-state index contributed by atoms with van der Waals surface area (Å²) in [6.07, 6.45) is 5.96. The van der Waals surface area contributed by atoms with Crippen LogP contribution in [0.15, 0.2) is 11.6 Å². The molecule has 1 saturated carbocycles. The van der Waals surface area contributed by atoms with Gasteiger partial charge in [-0.05, 0) is 38.0 Å². The van der Waals surface area contributed by atoms with Crippen molar-refractivity contribution in [1.29, 1.82) is 0 Å². The predicted molar refractivity (Wildman–Crippen MR) is 77.4 cm³/mol. The number of ketones is 1. The molecule has 106 valence electrons. The molecule has 0 atom stereocenters. The van der Waals surface area contributed by atoms with Crippen molar-refractivity contribution in [1.82, 2.24) is 4.98 Å². The van der Waals surface area contributed by atoms with E-state index in [0.717, 1.165) is 30.7 Å². The van der Waals surface area contributed by atoms with Crippen molar-refractivity contribution >= 4 is 17.1 Å². The number of hydrogen-bond donors (Lipinski definition) is 0. The Bertz CT molecular complexity index is 415. The summed E-state index contributed by atoms with van der Waals surface area (Å²) in [5, 5.41) is 2.81. The number of rotatable bonds is 5. The highest BCUT2D eigenvalue weighted by molar-refractivity contribution is 7.09. The van der Waals surface area contributed by atoms with Crippen LogP contribution in [0.2, 0.25) is 0 Å². The molecule has 1 aromatic rings. The Hall–Kier alpha value is -0.740. The molecule has 0 aliphatic heterocycles. The molecule has 4 heteroatoms. The lowest BCUT2D eigenvalue weighted by Crippen LogP contribution is -2.47. The van der Waals surface area contributed by atoms with E-state index in [1.807, 2.05) is 12.3 Å². The minimum atomic E-state index is -0.560. The van der Waals surface area contributed by atoms with Crippen molar-refractivity contribution < 1.29 is 9.53 Å². The average molecular weight is 281 g/mol. The van der Waals surface area contributed by atoms with Crippen molar-refractivity contribution in [3.8, 4) is 0 Å². The van der Waals surface area contributed by atoms with Crippen molar-refractivity contribution in [2.75, 3.05) is 6.61 Å². The molecule has 1 aliphatic rings. The number of carbonyl (C=O) groups is 1. The van der Waals surface area contributed by atoms with Gasteiger partial charge in [-0.25, -0.2) is 4.98 Å². The molecular weight excluding hydrogens is 258 g/mol. The van der Waals surface area contributed by atoms with E-state index >= 15 is 0 Å². The smallest absolute Gasteiger partial charge is 0.171 e. The highest BCUT2D eigenvalue weighted by Gasteiger charge is 2.44. The van der Waals surface area contributed by atoms with E-state index in [0.29, 0.717) is 18.4 Å². The molecule has 0 spiro atoms. The molecule has 1 aliphatic carbocycles. The van der Waals surface area contributed by atoms with Gasteiger partial charge in [0.25, 0.3) is 0 Å². The fourth-order valence-corrected chi connectivity index (χ4v) is 3.36. The summed E-state index contributed by atoms with van der Waals surface area (Å²) >= 11 is 1.54. The van der Waals surface area contributed by atoms with Crippen molar-refractivity contribution in [3.05, 3.63) is 16.6 Å². The third-order valence-corrected chi connectivity index (χ3v) is 4.91. The zero-order valence-corrected chi connectivity index (χ0v) is 12.9. The van der Waals surface area contributed by atoms with Crippen LogP contribution < -0.4 is 0 Å². The van der Waals surface area contributed by atoms with Crippen LogP contribution >= 0.6 is 11.3 Å². The Morgan fingerprint density at radius 3 is 2.58 bits per heavy atom. The zero-order valence-electron chi connectivity index (χ0n) is 12.1. The van der Waals surface area contributed by atoms with Crippen LogP contribution in [-0.2, 0) is 16.0 Å². The van der Waals surface area contributed by atoms with Gasteiger partial charge in [0.15, 0.2) is 5.78 Å². The van der Waals surface area contributed by atoms with Crippen LogP contribution in [0.25, 0.3) is 0 Å². The lowest BCUT2D eigenvalue weighted by Gasteiger charge is -2.42. The first-order chi connectivity index (χ1) is 8.97. The second-order valence-corrected chi connectivity index (χ2v) is 7.10. The van der Waals surface area contributed by atoms with Gasteiger partial charge in [-0.1, -0.05) is 13.8 Å². The van der Waals surface area contributed by atoms with Crippen LogP contribution in [0.4, 0.5) is 0 Å². The third kappa shape index (κ3) is 3.42. The van der Waals surface area contributed by atoms with Gasteiger partial charge in [-0.2, -0.15) is 0 Å². The molecule has 1 heterocycles. The Kier molecular flexibility index (Phi) is 4.41. The van der Waals surface area contributed by atoms with E-state index in [1.54, 1.807) is 17.5 Å². The molecule has 19 heavy (non-hydrogen) atoms. The first-order valence-electron chi connectivity index (χ1n) is 7.03. The molecule has 0 amide bonds. The van der Waals surface area contributed by atoms with Crippen molar-refractivity contribution in [2.45, 2.75) is 58.5 Å². The van der Waals surface area contributed by atoms with Crippen LogP contribution in [-0.4, -0.2) is 23.0 Å². The highest BCUT2D eigenvalue weighted by atomic mass is 32.1. The summed E-state index contributed by atoms with van der Waals surface area (Å²) in [4.78, 5) is 16.8. The minimum Gasteiger partial charge on any atom is -0.367 e. The molecule has 0 radical (unpaired) electrons. The zero-order chi connectivity index (χ0) is 13.9. The van der Waals surface area contributed by atoms with Gasteiger partial charge in [-0.15, -0.1) is 11.3 Å². The summed E-state index contributed by atoms with van der Waals surface area (Å²) < 4.78 is 5.90. The van der Waals surface area contributed by atoms with Crippen LogP contribution in [0.5, 0.6) is 0 Å². The molecule has 0 aromatic carbocycles. The lowest BCUT2D eigenvalue weighted by molar-refractivity contribution is -0.151. The molecule has 1 fully saturated rings. The Morgan fingerprint density at radius 2 is 2.05 bits per heavy atom. The summed E-state index contributed by atoms with van der Waals surface area (Å²) in [5.41, 5.74) is -0.224. The first kappa shape index (κ1) is 14.7. The molecule has 2 rings (SSSR count). The number of Topliss-reactive ketones (excluding diaryl/α,β-unsaturated/α-hetero) is 1. The SMILES string of the molecule is CCOC1(C(=O)Cc2nccs2)CCC(C)(C)CC1. The standard InChI is InChI=1S/C15H23NO2S/c1-4-18-15(7-5-14(2,3)6-8-15)12(17)11-13-16-9-10-19-13/h9-10H,4-8,11H2,1-3H3. The van der Waals surface area contributed by atoms with E-state index < -0.39 is 5.60 Å². The maximum atomic E-state index is 12.6. The van der Waals surface area contributed by atoms with Crippen molar-refractivity contribution in [2.24, 2.45) is 5.41 Å². The summed E-state index contributed by atoms with van der Waals surface area (Å²) in [5.74, 6) is 0.208. The number of nitrogens with zero attached hydrogens (tertiary/aromatic N) is 1. The molecule has 0 saturated heterocycles. The van der Waals surface area contributed by atoms with Gasteiger partial charge in [0, 0.05) is 18.2 Å². The minimum absolute atomic E-state index is 0.208. The predicted octanol–water partition coefficient (Wildman–Crippen LogP) is 3.63. The summed E-state index contributed by atoms with van der Waals surface area (Å²) in [6, 6.07) is 0. The Morgan fingerprint density at radius 1 is 1.37 bits per heavy atom. The van der Waals surface area contributed by atoms with Crippen LogP contribution in [0, 0.1) is 5.41 Å². The quantitative estimate of drug-likeness (QED) is 0.827. The van der Waals surface area contributed by atoms with Gasteiger partial charge >= 0.3 is 0 Å². The Balaban J connectivity index is 2.09. The lowest BCUT2D eigenvalue weighted by atomic mass is 9.69. The number of ether oxygens (including phenoxy) is 1. The van der Waals surface area contributed by atoms with Gasteiger partial charge < -0.3 is 4.74 Å². The molecule has 0 N–H and O–H groups in total. The molecular formula is C15H23NO2S. The maximum Gasteiger partial charge on any atom is 0.171 e. The number of thiazole rings is 1. The fourth-order valence-electron chi connectivity index (χ4n) is 2.75. The molecule has 0 unspecified atom stereocenters. The van der Waals surface area contributed by atoms with Crippen molar-refractivity contribution in [3.63, 3.8) is 0 Å².